The molecule has 0 aromatic heterocycles. The van der Waals surface area contributed by atoms with Gasteiger partial charge < -0.3 is 5.11 Å². The van der Waals surface area contributed by atoms with Crippen molar-refractivity contribution < 1.29 is 19.5 Å². The highest BCUT2D eigenvalue weighted by atomic mass is 16.7. The van der Waals surface area contributed by atoms with E-state index in [9.17, 15) is 14.7 Å². The summed E-state index contributed by atoms with van der Waals surface area (Å²) in [7, 11) is 1.52. The van der Waals surface area contributed by atoms with Gasteiger partial charge in [-0.1, -0.05) is 41.5 Å². The maximum atomic E-state index is 12.9. The zero-order valence-corrected chi connectivity index (χ0v) is 19.8. The number of urea groups is 1. The maximum Gasteiger partial charge on any atom is 0.350 e. The van der Waals surface area contributed by atoms with Gasteiger partial charge in [-0.15, -0.1) is 0 Å². The molecule has 0 aliphatic carbocycles. The van der Waals surface area contributed by atoms with Crippen LogP contribution in [-0.2, 0) is 20.5 Å². The molecule has 2 rings (SSSR count). The molecule has 1 aromatic carbocycles. The van der Waals surface area contributed by atoms with E-state index in [1.165, 1.54) is 11.9 Å². The summed E-state index contributed by atoms with van der Waals surface area (Å²) in [5, 5.41) is 12.0. The van der Waals surface area contributed by atoms with E-state index in [2.05, 4.69) is 41.5 Å². The molecule has 1 N–H and O–H groups in total. The number of hydrogen-bond donors (Lipinski definition) is 1. The number of carbonyl (C=O) groups excluding carboxylic acids is 2. The molecule has 1 heterocycles. The Morgan fingerprint density at radius 3 is 2.07 bits per heavy atom. The first kappa shape index (κ1) is 23.9. The lowest BCUT2D eigenvalue weighted by atomic mass is 9.78. The molecule has 0 atom stereocenters. The first-order valence-electron chi connectivity index (χ1n) is 10.5. The number of amides is 3. The van der Waals surface area contributed by atoms with E-state index in [1.807, 2.05) is 32.1 Å². The number of aromatic hydroxyl groups is 1. The van der Waals surface area contributed by atoms with Crippen LogP contribution in [0.2, 0.25) is 0 Å². The molecule has 0 radical (unpaired) electrons. The van der Waals surface area contributed by atoms with Gasteiger partial charge in [0.1, 0.15) is 5.75 Å². The van der Waals surface area contributed by atoms with Crippen LogP contribution in [0.3, 0.4) is 0 Å². The van der Waals surface area contributed by atoms with Crippen molar-refractivity contribution in [1.29, 1.82) is 0 Å². The van der Waals surface area contributed by atoms with Crippen molar-refractivity contribution in [3.63, 3.8) is 0 Å². The van der Waals surface area contributed by atoms with Gasteiger partial charge in [0.25, 0.3) is 5.91 Å². The van der Waals surface area contributed by atoms with Gasteiger partial charge in [-0.25, -0.2) is 9.86 Å². The summed E-state index contributed by atoms with van der Waals surface area (Å²) < 4.78 is 0. The van der Waals surface area contributed by atoms with E-state index in [0.29, 0.717) is 24.3 Å². The molecular formula is C24H36N2O4. The SMILES string of the molecule is CC(C)ON(C)C(=O)N1CCC(=Cc2cc(C(C)(C)C)c(O)c(C(C)(C)C)c2)C1=O. The minimum absolute atomic E-state index is 0.157. The third kappa shape index (κ3) is 5.22. The van der Waals surface area contributed by atoms with E-state index < -0.39 is 6.03 Å². The minimum atomic E-state index is -0.464. The van der Waals surface area contributed by atoms with Gasteiger partial charge in [0.05, 0.1) is 6.10 Å². The number of hydroxylamine groups is 2. The van der Waals surface area contributed by atoms with Gasteiger partial charge in [-0.3, -0.25) is 14.5 Å². The Labute approximate surface area is 180 Å². The summed E-state index contributed by atoms with van der Waals surface area (Å²) in [6.45, 7) is 16.3. The van der Waals surface area contributed by atoms with E-state index in [1.54, 1.807) is 0 Å². The summed E-state index contributed by atoms with van der Waals surface area (Å²) in [5.41, 5.74) is 2.60. The number of rotatable bonds is 3. The molecule has 1 aliphatic heterocycles. The zero-order chi connectivity index (χ0) is 23.0. The van der Waals surface area contributed by atoms with Crippen LogP contribution in [0.25, 0.3) is 6.08 Å². The zero-order valence-electron chi connectivity index (χ0n) is 19.8. The van der Waals surface area contributed by atoms with E-state index in [-0.39, 0.29) is 22.8 Å². The molecule has 0 spiro atoms. The van der Waals surface area contributed by atoms with Crippen molar-refractivity contribution in [1.82, 2.24) is 9.96 Å². The summed E-state index contributed by atoms with van der Waals surface area (Å²) in [6.07, 6.45) is 2.16. The molecule has 30 heavy (non-hydrogen) atoms. The molecule has 3 amide bonds. The van der Waals surface area contributed by atoms with Gasteiger partial charge in [0, 0.05) is 30.3 Å². The Morgan fingerprint density at radius 2 is 1.63 bits per heavy atom. The highest BCUT2D eigenvalue weighted by molar-refractivity contribution is 6.08. The lowest BCUT2D eigenvalue weighted by molar-refractivity contribution is -0.144. The number of benzene rings is 1. The Bertz CT molecular complexity index is 822. The van der Waals surface area contributed by atoms with Crippen LogP contribution >= 0.6 is 0 Å². The van der Waals surface area contributed by atoms with Crippen molar-refractivity contribution in [3.05, 3.63) is 34.4 Å². The third-order valence-electron chi connectivity index (χ3n) is 5.08. The van der Waals surface area contributed by atoms with E-state index in [4.69, 9.17) is 4.84 Å². The highest BCUT2D eigenvalue weighted by Gasteiger charge is 2.34. The van der Waals surface area contributed by atoms with Gasteiger partial charge in [-0.2, -0.15) is 0 Å². The predicted molar refractivity (Wildman–Crippen MR) is 119 cm³/mol. The predicted octanol–water partition coefficient (Wildman–Crippen LogP) is 4.99. The molecule has 1 saturated heterocycles. The average Bonchev–Trinajstić information content (AvgIpc) is 2.93. The number of phenols is 1. The summed E-state index contributed by atoms with van der Waals surface area (Å²) in [6, 6.07) is 3.40. The number of nitrogens with zero attached hydrogens (tertiary/aromatic N) is 2. The van der Waals surface area contributed by atoms with Crippen LogP contribution in [0.5, 0.6) is 5.75 Å². The molecule has 0 unspecified atom stereocenters. The van der Waals surface area contributed by atoms with Crippen LogP contribution in [-0.4, -0.2) is 46.7 Å². The van der Waals surface area contributed by atoms with Crippen LogP contribution in [0.4, 0.5) is 4.79 Å². The number of hydrogen-bond acceptors (Lipinski definition) is 4. The smallest absolute Gasteiger partial charge is 0.350 e. The first-order chi connectivity index (χ1) is 13.6. The van der Waals surface area contributed by atoms with Crippen molar-refractivity contribution in [2.24, 2.45) is 0 Å². The molecule has 166 valence electrons. The second-order valence-electron chi connectivity index (χ2n) is 10.3. The van der Waals surface area contributed by atoms with Gasteiger partial charge in [0.15, 0.2) is 0 Å². The second kappa shape index (κ2) is 8.42. The Morgan fingerprint density at radius 1 is 1.13 bits per heavy atom. The highest BCUT2D eigenvalue weighted by Crippen LogP contribution is 2.40. The normalized spacial score (nSPS) is 16.7. The summed E-state index contributed by atoms with van der Waals surface area (Å²) in [5.74, 6) is 0.000982. The number of imide groups is 1. The Hall–Kier alpha value is -2.34. The monoisotopic (exact) mass is 416 g/mol. The Kier molecular flexibility index (Phi) is 6.72. The van der Waals surface area contributed by atoms with Crippen LogP contribution in [0, 0.1) is 0 Å². The van der Waals surface area contributed by atoms with Gasteiger partial charge in [-0.05, 0) is 54.9 Å². The molecule has 1 aliphatic rings. The summed E-state index contributed by atoms with van der Waals surface area (Å²) >= 11 is 0. The fraction of sp³-hybridized carbons (Fsp3) is 0.583. The molecule has 1 aromatic rings. The van der Waals surface area contributed by atoms with Crippen LogP contribution in [0.15, 0.2) is 17.7 Å². The van der Waals surface area contributed by atoms with Crippen LogP contribution < -0.4 is 0 Å². The quantitative estimate of drug-likeness (QED) is 0.556. The lowest BCUT2D eigenvalue weighted by Gasteiger charge is -2.28. The maximum absolute atomic E-state index is 12.9. The molecule has 0 bridgehead atoms. The van der Waals surface area contributed by atoms with Crippen molar-refractivity contribution in [3.8, 4) is 5.75 Å². The van der Waals surface area contributed by atoms with Crippen molar-refractivity contribution in [2.75, 3.05) is 13.6 Å². The van der Waals surface area contributed by atoms with Crippen molar-refractivity contribution >= 4 is 18.0 Å². The molecular weight excluding hydrogens is 380 g/mol. The molecule has 0 saturated carbocycles. The Balaban J connectivity index is 2.42. The second-order valence-corrected chi connectivity index (χ2v) is 10.3. The van der Waals surface area contributed by atoms with Gasteiger partial charge in [0.2, 0.25) is 0 Å². The fourth-order valence-electron chi connectivity index (χ4n) is 3.55. The minimum Gasteiger partial charge on any atom is -0.507 e. The fourth-order valence-corrected chi connectivity index (χ4v) is 3.55. The summed E-state index contributed by atoms with van der Waals surface area (Å²) in [4.78, 5) is 32.0. The topological polar surface area (TPSA) is 70.1 Å². The number of likely N-dealkylation sites (tertiary alicyclic amines) is 1. The lowest BCUT2D eigenvalue weighted by Crippen LogP contribution is -2.42. The standard InChI is InChI=1S/C24H36N2O4/c1-15(2)30-25(9)22(29)26-11-10-17(21(26)28)12-16-13-18(23(3,4)5)20(27)19(14-16)24(6,7)8/h12-15,27H,10-11H2,1-9H3. The largest absolute Gasteiger partial charge is 0.507 e. The third-order valence-corrected chi connectivity index (χ3v) is 5.08. The van der Waals surface area contributed by atoms with E-state index >= 15 is 0 Å². The number of phenolic OH excluding ortho intramolecular Hbond substituents is 1. The average molecular weight is 417 g/mol. The molecule has 6 heteroatoms. The number of carbonyl (C=O) groups is 2. The van der Waals surface area contributed by atoms with Crippen molar-refractivity contribution in [2.45, 2.75) is 78.7 Å². The molecule has 1 fully saturated rings. The van der Waals surface area contributed by atoms with Crippen LogP contribution in [0.1, 0.15) is 78.5 Å². The first-order valence-corrected chi connectivity index (χ1v) is 10.5. The molecule has 6 nitrogen and oxygen atoms in total. The van der Waals surface area contributed by atoms with Gasteiger partial charge >= 0.3 is 6.03 Å². The van der Waals surface area contributed by atoms with E-state index in [0.717, 1.165) is 21.8 Å².